The lowest BCUT2D eigenvalue weighted by Gasteiger charge is -2.37. The second-order valence-electron chi connectivity index (χ2n) is 8.76. The molecule has 2 atom stereocenters. The zero-order chi connectivity index (χ0) is 19.2. The lowest BCUT2D eigenvalue weighted by molar-refractivity contribution is -0.130. The van der Waals surface area contributed by atoms with Gasteiger partial charge in [-0.15, -0.1) is 0 Å². The van der Waals surface area contributed by atoms with Crippen molar-refractivity contribution in [2.45, 2.75) is 82.6 Å². The van der Waals surface area contributed by atoms with Crippen LogP contribution >= 0.6 is 0 Å². The van der Waals surface area contributed by atoms with Crippen LogP contribution in [0.2, 0.25) is 0 Å². The molecule has 2 bridgehead atoms. The van der Waals surface area contributed by atoms with Crippen molar-refractivity contribution >= 4 is 5.91 Å². The SMILES string of the molecule is CC1(C)[C@@H]2CC[C@]1(C(=O)NC1CCCCCC1)c1nc(C#N)c(C#N)nc12. The van der Waals surface area contributed by atoms with Crippen LogP contribution in [0, 0.1) is 28.1 Å². The summed E-state index contributed by atoms with van der Waals surface area (Å²) in [5, 5.41) is 22.0. The maximum absolute atomic E-state index is 13.6. The van der Waals surface area contributed by atoms with Crippen LogP contribution in [-0.4, -0.2) is 21.9 Å². The molecule has 0 aliphatic heterocycles. The first kappa shape index (κ1) is 17.9. The number of nitrogens with zero attached hydrogens (tertiary/aromatic N) is 4. The van der Waals surface area contributed by atoms with E-state index in [1.54, 1.807) is 0 Å². The van der Waals surface area contributed by atoms with Crippen LogP contribution in [0.3, 0.4) is 0 Å². The molecule has 1 heterocycles. The summed E-state index contributed by atoms with van der Waals surface area (Å²) in [6, 6.07) is 4.18. The molecule has 0 saturated heterocycles. The molecule has 1 aromatic rings. The molecular formula is C21H25N5O. The van der Waals surface area contributed by atoms with Crippen molar-refractivity contribution in [3.63, 3.8) is 0 Å². The van der Waals surface area contributed by atoms with Crippen LogP contribution in [0.4, 0.5) is 0 Å². The zero-order valence-electron chi connectivity index (χ0n) is 16.0. The van der Waals surface area contributed by atoms with E-state index in [1.165, 1.54) is 12.8 Å². The van der Waals surface area contributed by atoms with Crippen molar-refractivity contribution in [2.75, 3.05) is 0 Å². The van der Waals surface area contributed by atoms with Gasteiger partial charge in [0, 0.05) is 12.0 Å². The monoisotopic (exact) mass is 363 g/mol. The highest BCUT2D eigenvalue weighted by Crippen LogP contribution is 2.67. The zero-order valence-corrected chi connectivity index (χ0v) is 16.0. The molecule has 2 saturated carbocycles. The first-order valence-electron chi connectivity index (χ1n) is 9.99. The lowest BCUT2D eigenvalue weighted by Crippen LogP contribution is -2.52. The minimum absolute atomic E-state index is 0.0289. The summed E-state index contributed by atoms with van der Waals surface area (Å²) in [6.07, 6.45) is 8.44. The van der Waals surface area contributed by atoms with Gasteiger partial charge in [0.15, 0.2) is 11.4 Å². The van der Waals surface area contributed by atoms with E-state index in [9.17, 15) is 15.3 Å². The number of hydrogen-bond donors (Lipinski definition) is 1. The van der Waals surface area contributed by atoms with Crippen molar-refractivity contribution in [3.8, 4) is 12.1 Å². The molecule has 2 fully saturated rings. The number of carbonyl (C=O) groups excluding carboxylic acids is 1. The second-order valence-corrected chi connectivity index (χ2v) is 8.76. The fourth-order valence-electron chi connectivity index (χ4n) is 5.65. The molecule has 6 heteroatoms. The second kappa shape index (κ2) is 6.30. The van der Waals surface area contributed by atoms with Crippen LogP contribution in [0.15, 0.2) is 0 Å². The van der Waals surface area contributed by atoms with Gasteiger partial charge >= 0.3 is 0 Å². The third-order valence-electron chi connectivity index (χ3n) is 7.23. The number of nitrogens with one attached hydrogen (secondary N) is 1. The highest BCUT2D eigenvalue weighted by molar-refractivity contribution is 5.91. The van der Waals surface area contributed by atoms with Crippen LogP contribution in [0.5, 0.6) is 0 Å². The largest absolute Gasteiger partial charge is 0.353 e. The van der Waals surface area contributed by atoms with Gasteiger partial charge in [-0.3, -0.25) is 4.79 Å². The van der Waals surface area contributed by atoms with Crippen molar-refractivity contribution in [2.24, 2.45) is 5.41 Å². The summed E-state index contributed by atoms with van der Waals surface area (Å²) in [6.45, 7) is 4.22. The molecule has 27 heavy (non-hydrogen) atoms. The predicted molar refractivity (Wildman–Crippen MR) is 98.5 cm³/mol. The molecule has 1 aromatic heterocycles. The minimum Gasteiger partial charge on any atom is -0.353 e. The smallest absolute Gasteiger partial charge is 0.233 e. The van der Waals surface area contributed by atoms with Crippen molar-refractivity contribution in [1.82, 2.24) is 15.3 Å². The number of carbonyl (C=O) groups is 1. The summed E-state index contributed by atoms with van der Waals surface area (Å²) in [4.78, 5) is 22.6. The summed E-state index contributed by atoms with van der Waals surface area (Å²) >= 11 is 0. The molecule has 4 rings (SSSR count). The first-order valence-corrected chi connectivity index (χ1v) is 9.99. The first-order chi connectivity index (χ1) is 13.0. The van der Waals surface area contributed by atoms with Gasteiger partial charge in [-0.25, -0.2) is 9.97 Å². The van der Waals surface area contributed by atoms with Crippen molar-refractivity contribution in [3.05, 3.63) is 22.8 Å². The Morgan fingerprint density at radius 3 is 2.30 bits per heavy atom. The Hall–Kier alpha value is -2.47. The molecule has 0 unspecified atom stereocenters. The lowest BCUT2D eigenvalue weighted by atomic mass is 9.67. The highest BCUT2D eigenvalue weighted by Gasteiger charge is 2.68. The van der Waals surface area contributed by atoms with E-state index in [-0.39, 0.29) is 34.7 Å². The van der Waals surface area contributed by atoms with E-state index in [1.807, 2.05) is 12.1 Å². The molecule has 0 radical (unpaired) electrons. The Bertz CT molecular complexity index is 870. The summed E-state index contributed by atoms with van der Waals surface area (Å²) in [5.41, 5.74) is 0.389. The van der Waals surface area contributed by atoms with E-state index in [2.05, 4.69) is 29.1 Å². The average molecular weight is 363 g/mol. The van der Waals surface area contributed by atoms with Gasteiger partial charge in [0.05, 0.1) is 16.8 Å². The molecule has 1 amide bonds. The van der Waals surface area contributed by atoms with E-state index >= 15 is 0 Å². The molecule has 0 spiro atoms. The van der Waals surface area contributed by atoms with Crippen molar-refractivity contribution < 1.29 is 4.79 Å². The molecular weight excluding hydrogens is 338 g/mol. The number of rotatable bonds is 2. The third-order valence-corrected chi connectivity index (χ3v) is 7.23. The summed E-state index contributed by atoms with van der Waals surface area (Å²) < 4.78 is 0. The van der Waals surface area contributed by atoms with E-state index in [4.69, 9.17) is 0 Å². The van der Waals surface area contributed by atoms with Gasteiger partial charge in [-0.1, -0.05) is 39.5 Å². The fourth-order valence-corrected chi connectivity index (χ4v) is 5.65. The number of aromatic nitrogens is 2. The molecule has 3 aliphatic rings. The Kier molecular flexibility index (Phi) is 4.18. The fraction of sp³-hybridized carbons (Fsp3) is 0.667. The summed E-state index contributed by atoms with van der Waals surface area (Å²) in [7, 11) is 0. The van der Waals surface area contributed by atoms with Gasteiger partial charge in [-0.05, 0) is 31.1 Å². The normalized spacial score (nSPS) is 28.7. The van der Waals surface area contributed by atoms with E-state index in [0.29, 0.717) is 5.69 Å². The van der Waals surface area contributed by atoms with Crippen molar-refractivity contribution in [1.29, 1.82) is 10.5 Å². The van der Waals surface area contributed by atoms with E-state index < -0.39 is 5.41 Å². The Morgan fingerprint density at radius 1 is 1.04 bits per heavy atom. The number of nitriles is 2. The molecule has 140 valence electrons. The Balaban J connectivity index is 1.76. The molecule has 6 nitrogen and oxygen atoms in total. The summed E-state index contributed by atoms with van der Waals surface area (Å²) in [5.74, 6) is 0.128. The van der Waals surface area contributed by atoms with Gasteiger partial charge in [0.25, 0.3) is 0 Å². The van der Waals surface area contributed by atoms with Crippen LogP contribution < -0.4 is 5.32 Å². The number of fused-ring (bicyclic) bond motifs is 5. The third kappa shape index (κ3) is 2.39. The maximum atomic E-state index is 13.6. The Morgan fingerprint density at radius 2 is 1.67 bits per heavy atom. The van der Waals surface area contributed by atoms with Gasteiger partial charge in [0.2, 0.25) is 5.91 Å². The Labute approximate surface area is 160 Å². The number of hydrogen-bond acceptors (Lipinski definition) is 5. The standard InChI is InChI=1S/C21H25N5O/c1-20(2)14-9-10-21(20,19(27)24-13-7-5-3-4-6-8-13)18-17(14)25-15(11-22)16(12-23)26-18/h13-14H,3-10H2,1-2H3,(H,24,27)/t14-,21-/m1/s1. The topological polar surface area (TPSA) is 102 Å². The van der Waals surface area contributed by atoms with E-state index in [0.717, 1.165) is 44.2 Å². The minimum atomic E-state index is -0.758. The molecule has 0 aromatic carbocycles. The quantitative estimate of drug-likeness (QED) is 0.813. The maximum Gasteiger partial charge on any atom is 0.233 e. The average Bonchev–Trinajstić information content (AvgIpc) is 2.89. The van der Waals surface area contributed by atoms with Crippen LogP contribution in [-0.2, 0) is 10.2 Å². The van der Waals surface area contributed by atoms with Gasteiger partial charge < -0.3 is 5.32 Å². The van der Waals surface area contributed by atoms with Gasteiger partial charge in [-0.2, -0.15) is 10.5 Å². The molecule has 3 aliphatic carbocycles. The highest BCUT2D eigenvalue weighted by atomic mass is 16.2. The van der Waals surface area contributed by atoms with Crippen LogP contribution in [0.25, 0.3) is 0 Å². The van der Waals surface area contributed by atoms with Crippen LogP contribution in [0.1, 0.15) is 93.9 Å². The predicted octanol–water partition coefficient (Wildman–Crippen LogP) is 3.21. The van der Waals surface area contributed by atoms with Gasteiger partial charge in [0.1, 0.15) is 12.1 Å². The number of amides is 1. The molecule has 1 N–H and O–H groups in total.